The molecule has 0 spiro atoms. The molecule has 5 nitrogen and oxygen atoms in total. The zero-order valence-corrected chi connectivity index (χ0v) is 13.6. The average molecular weight is 291 g/mol. The maximum absolute atomic E-state index is 12.7. The highest BCUT2D eigenvalue weighted by atomic mass is 16.2. The van der Waals surface area contributed by atoms with Gasteiger partial charge in [0.05, 0.1) is 6.07 Å². The molecule has 0 unspecified atom stereocenters. The van der Waals surface area contributed by atoms with Gasteiger partial charge in [0.2, 0.25) is 11.8 Å². The number of nitrogens with zero attached hydrogens (tertiary/aromatic N) is 2. The number of carbonyl (C=O) groups is 2. The summed E-state index contributed by atoms with van der Waals surface area (Å²) < 4.78 is 0. The lowest BCUT2D eigenvalue weighted by molar-refractivity contribution is -0.139. The summed E-state index contributed by atoms with van der Waals surface area (Å²) in [4.78, 5) is 26.3. The van der Waals surface area contributed by atoms with Gasteiger partial charge in [-0.25, -0.2) is 0 Å². The summed E-state index contributed by atoms with van der Waals surface area (Å²) in [6.07, 6.45) is -0.210. The third-order valence-corrected chi connectivity index (χ3v) is 5.09. The molecule has 3 atom stereocenters. The van der Waals surface area contributed by atoms with Crippen molar-refractivity contribution in [3.63, 3.8) is 0 Å². The lowest BCUT2D eigenvalue weighted by Gasteiger charge is -2.34. The Kier molecular flexibility index (Phi) is 3.77. The molecule has 0 bridgehead atoms. The predicted octanol–water partition coefficient (Wildman–Crippen LogP) is 1.55. The van der Waals surface area contributed by atoms with Crippen LogP contribution in [-0.2, 0) is 9.59 Å². The Balaban J connectivity index is 2.03. The van der Waals surface area contributed by atoms with E-state index in [9.17, 15) is 9.59 Å². The van der Waals surface area contributed by atoms with Crippen molar-refractivity contribution in [1.82, 2.24) is 10.2 Å². The van der Waals surface area contributed by atoms with Gasteiger partial charge in [0.1, 0.15) is 12.5 Å². The quantitative estimate of drug-likeness (QED) is 0.857. The summed E-state index contributed by atoms with van der Waals surface area (Å²) in [7, 11) is 0. The number of nitriles is 1. The Morgan fingerprint density at radius 3 is 2.29 bits per heavy atom. The lowest BCUT2D eigenvalue weighted by atomic mass is 9.85. The Hall–Kier alpha value is -1.57. The van der Waals surface area contributed by atoms with Crippen molar-refractivity contribution in [3.05, 3.63) is 0 Å². The van der Waals surface area contributed by atoms with Gasteiger partial charge < -0.3 is 10.2 Å². The molecule has 0 aromatic carbocycles. The van der Waals surface area contributed by atoms with Crippen molar-refractivity contribution in [2.75, 3.05) is 13.1 Å². The maximum atomic E-state index is 12.7. The van der Waals surface area contributed by atoms with E-state index in [0.29, 0.717) is 17.3 Å². The molecule has 0 radical (unpaired) electrons. The van der Waals surface area contributed by atoms with E-state index in [-0.39, 0.29) is 23.7 Å². The molecule has 2 aliphatic rings. The summed E-state index contributed by atoms with van der Waals surface area (Å²) in [6.45, 7) is 11.9. The van der Waals surface area contributed by atoms with E-state index in [1.807, 2.05) is 31.7 Å². The van der Waals surface area contributed by atoms with E-state index in [1.54, 1.807) is 0 Å². The number of likely N-dealkylation sites (tertiary alicyclic amines) is 1. The molecule has 2 rings (SSSR count). The Morgan fingerprint density at radius 2 is 1.86 bits per heavy atom. The van der Waals surface area contributed by atoms with Crippen LogP contribution in [0.4, 0.5) is 0 Å². The Morgan fingerprint density at radius 1 is 1.33 bits per heavy atom. The largest absolute Gasteiger partial charge is 0.343 e. The fourth-order valence-electron chi connectivity index (χ4n) is 3.43. The van der Waals surface area contributed by atoms with Gasteiger partial charge in [-0.2, -0.15) is 5.26 Å². The van der Waals surface area contributed by atoms with E-state index in [2.05, 4.69) is 19.2 Å². The van der Waals surface area contributed by atoms with Crippen molar-refractivity contribution in [3.8, 4) is 6.07 Å². The summed E-state index contributed by atoms with van der Waals surface area (Å²) in [6, 6.07) is 1.25. The molecule has 116 valence electrons. The van der Waals surface area contributed by atoms with Gasteiger partial charge in [-0.05, 0) is 22.7 Å². The first kappa shape index (κ1) is 15.8. The fraction of sp³-hybridized carbons (Fsp3) is 0.812. The van der Waals surface area contributed by atoms with Crippen LogP contribution in [0.1, 0.15) is 41.0 Å². The first-order valence-corrected chi connectivity index (χ1v) is 7.54. The lowest BCUT2D eigenvalue weighted by Crippen LogP contribution is -2.54. The van der Waals surface area contributed by atoms with Crippen LogP contribution in [0.3, 0.4) is 0 Å². The highest BCUT2D eigenvalue weighted by molar-refractivity contribution is 5.89. The molecule has 1 N–H and O–H groups in total. The molecule has 1 aliphatic heterocycles. The van der Waals surface area contributed by atoms with Crippen LogP contribution in [-0.4, -0.2) is 35.8 Å². The van der Waals surface area contributed by atoms with Gasteiger partial charge in [-0.3, -0.25) is 9.59 Å². The summed E-state index contributed by atoms with van der Waals surface area (Å²) in [5, 5.41) is 11.3. The SMILES string of the molecule is CC(C)(C)[C@H](NC(=O)CC#N)C(=O)N1C[C@@H]2[C@H](C1)C2(C)C. The van der Waals surface area contributed by atoms with Crippen LogP contribution >= 0.6 is 0 Å². The standard InChI is InChI=1S/C16H25N3O2/c1-15(2,3)13(18-12(20)6-7-17)14(21)19-8-10-11(9-19)16(10,4)5/h10-11,13H,6,8-9H2,1-5H3,(H,18,20)/t10-,11+,13-/m1/s1. The van der Waals surface area contributed by atoms with E-state index < -0.39 is 6.04 Å². The molecule has 2 fully saturated rings. The van der Waals surface area contributed by atoms with Crippen molar-refractivity contribution in [1.29, 1.82) is 5.26 Å². The van der Waals surface area contributed by atoms with Crippen molar-refractivity contribution >= 4 is 11.8 Å². The number of rotatable bonds is 3. The second-order valence-electron chi connectivity index (χ2n) is 7.98. The van der Waals surface area contributed by atoms with E-state index in [1.165, 1.54) is 0 Å². The number of hydrogen-bond acceptors (Lipinski definition) is 3. The molecule has 0 aromatic rings. The third kappa shape index (κ3) is 2.90. The second kappa shape index (κ2) is 5.01. The van der Waals surface area contributed by atoms with Gasteiger partial charge >= 0.3 is 0 Å². The normalized spacial score (nSPS) is 27.5. The highest BCUT2D eigenvalue weighted by Gasteiger charge is 2.63. The minimum absolute atomic E-state index is 0.0169. The number of fused-ring (bicyclic) bond motifs is 1. The van der Waals surface area contributed by atoms with Crippen LogP contribution in [0.2, 0.25) is 0 Å². The van der Waals surface area contributed by atoms with Crippen molar-refractivity contribution in [2.24, 2.45) is 22.7 Å². The van der Waals surface area contributed by atoms with E-state index in [4.69, 9.17) is 5.26 Å². The first-order valence-electron chi connectivity index (χ1n) is 7.54. The molecule has 2 amide bonds. The van der Waals surface area contributed by atoms with Gasteiger partial charge in [0.15, 0.2) is 0 Å². The zero-order chi connectivity index (χ0) is 16.0. The summed E-state index contributed by atoms with van der Waals surface area (Å²) in [5.74, 6) is 0.793. The Bertz CT molecular complexity index is 485. The van der Waals surface area contributed by atoms with Crippen molar-refractivity contribution in [2.45, 2.75) is 47.1 Å². The average Bonchev–Trinajstić information content (AvgIpc) is 2.77. The maximum Gasteiger partial charge on any atom is 0.245 e. The van der Waals surface area contributed by atoms with E-state index >= 15 is 0 Å². The van der Waals surface area contributed by atoms with Crippen LogP contribution in [0.15, 0.2) is 0 Å². The first-order chi connectivity index (χ1) is 9.59. The predicted molar refractivity (Wildman–Crippen MR) is 79.0 cm³/mol. The van der Waals surface area contributed by atoms with Gasteiger partial charge in [0.25, 0.3) is 0 Å². The smallest absolute Gasteiger partial charge is 0.245 e. The Labute approximate surface area is 126 Å². The van der Waals surface area contributed by atoms with E-state index in [0.717, 1.165) is 13.1 Å². The molecule has 1 aliphatic carbocycles. The number of amides is 2. The van der Waals surface area contributed by atoms with Gasteiger partial charge in [0, 0.05) is 13.1 Å². The molecule has 1 heterocycles. The highest BCUT2D eigenvalue weighted by Crippen LogP contribution is 2.62. The van der Waals surface area contributed by atoms with Crippen molar-refractivity contribution < 1.29 is 9.59 Å². The second-order valence-corrected chi connectivity index (χ2v) is 7.98. The monoisotopic (exact) mass is 291 g/mol. The molecule has 21 heavy (non-hydrogen) atoms. The van der Waals surface area contributed by atoms with Gasteiger partial charge in [-0.15, -0.1) is 0 Å². The van der Waals surface area contributed by atoms with Crippen LogP contribution in [0.25, 0.3) is 0 Å². The number of hydrogen-bond donors (Lipinski definition) is 1. The molecular formula is C16H25N3O2. The zero-order valence-electron chi connectivity index (χ0n) is 13.6. The summed E-state index contributed by atoms with van der Waals surface area (Å²) >= 11 is 0. The fourth-order valence-corrected chi connectivity index (χ4v) is 3.43. The molecule has 0 aromatic heterocycles. The number of nitrogens with one attached hydrogen (secondary N) is 1. The molecule has 1 saturated carbocycles. The molecular weight excluding hydrogens is 266 g/mol. The molecule has 1 saturated heterocycles. The topological polar surface area (TPSA) is 73.2 Å². The minimum Gasteiger partial charge on any atom is -0.343 e. The van der Waals surface area contributed by atoms with Gasteiger partial charge in [-0.1, -0.05) is 34.6 Å². The number of piperidine rings is 1. The molecule has 5 heteroatoms. The van der Waals surface area contributed by atoms with Crippen LogP contribution in [0.5, 0.6) is 0 Å². The third-order valence-electron chi connectivity index (χ3n) is 5.09. The minimum atomic E-state index is -0.570. The number of carbonyl (C=O) groups excluding carboxylic acids is 2. The summed E-state index contributed by atoms with van der Waals surface area (Å²) in [5.41, 5.74) is -0.0113. The van der Waals surface area contributed by atoms with Crippen LogP contribution < -0.4 is 5.32 Å². The van der Waals surface area contributed by atoms with Crippen LogP contribution in [0, 0.1) is 34.0 Å².